The van der Waals surface area contributed by atoms with Gasteiger partial charge in [-0.25, -0.2) is 4.79 Å². The Morgan fingerprint density at radius 1 is 1.17 bits per heavy atom. The summed E-state index contributed by atoms with van der Waals surface area (Å²) in [5.74, 6) is -0.332. The average Bonchev–Trinajstić information content (AvgIpc) is 2.88. The SMILES string of the molecule is CN(C)CCOC(=O)c1c2ccccc2n2cc(S(C)=O)ccc12. The van der Waals surface area contributed by atoms with Crippen LogP contribution in [0.3, 0.4) is 0 Å². The number of likely N-dealkylation sites (N-methyl/N-ethyl adjacent to an activating group) is 1. The Balaban J connectivity index is 2.11. The minimum atomic E-state index is -1.08. The number of carbonyl (C=O) groups is 1. The van der Waals surface area contributed by atoms with Crippen molar-refractivity contribution in [2.45, 2.75) is 4.90 Å². The first kappa shape index (κ1) is 16.7. The molecule has 3 aromatic rings. The van der Waals surface area contributed by atoms with Crippen LogP contribution in [-0.4, -0.2) is 53.0 Å². The highest BCUT2D eigenvalue weighted by molar-refractivity contribution is 7.84. The van der Waals surface area contributed by atoms with E-state index in [1.807, 2.05) is 59.9 Å². The second-order valence-electron chi connectivity index (χ2n) is 5.91. The molecule has 0 aliphatic heterocycles. The maximum atomic E-state index is 12.6. The quantitative estimate of drug-likeness (QED) is 0.668. The van der Waals surface area contributed by atoms with Crippen molar-refractivity contribution in [3.63, 3.8) is 0 Å². The van der Waals surface area contributed by atoms with Gasteiger partial charge in [0.2, 0.25) is 0 Å². The molecule has 0 amide bonds. The van der Waals surface area contributed by atoms with Crippen LogP contribution in [0.15, 0.2) is 47.5 Å². The highest BCUT2D eigenvalue weighted by Gasteiger charge is 2.19. The van der Waals surface area contributed by atoms with Gasteiger partial charge < -0.3 is 14.0 Å². The van der Waals surface area contributed by atoms with Gasteiger partial charge in [-0.3, -0.25) is 4.21 Å². The van der Waals surface area contributed by atoms with Gasteiger partial charge in [-0.2, -0.15) is 0 Å². The number of pyridine rings is 1. The molecule has 0 fully saturated rings. The predicted molar refractivity (Wildman–Crippen MR) is 96.1 cm³/mol. The third-order valence-corrected chi connectivity index (χ3v) is 4.82. The summed E-state index contributed by atoms with van der Waals surface area (Å²) in [6, 6.07) is 11.3. The van der Waals surface area contributed by atoms with E-state index >= 15 is 0 Å². The Morgan fingerprint density at radius 2 is 1.92 bits per heavy atom. The van der Waals surface area contributed by atoms with Crippen LogP contribution < -0.4 is 0 Å². The second-order valence-corrected chi connectivity index (χ2v) is 7.29. The summed E-state index contributed by atoms with van der Waals surface area (Å²) in [6.45, 7) is 1.02. The van der Waals surface area contributed by atoms with Crippen LogP contribution >= 0.6 is 0 Å². The Labute approximate surface area is 143 Å². The minimum Gasteiger partial charge on any atom is -0.461 e. The van der Waals surface area contributed by atoms with Crippen LogP contribution in [0, 0.1) is 0 Å². The van der Waals surface area contributed by atoms with E-state index in [0.29, 0.717) is 18.7 Å². The van der Waals surface area contributed by atoms with E-state index in [-0.39, 0.29) is 5.97 Å². The molecule has 2 aromatic heterocycles. The van der Waals surface area contributed by atoms with E-state index < -0.39 is 10.8 Å². The number of hydrogen-bond donors (Lipinski definition) is 0. The molecule has 1 aromatic carbocycles. The maximum Gasteiger partial charge on any atom is 0.341 e. The lowest BCUT2D eigenvalue weighted by molar-refractivity contribution is 0.0486. The molecule has 0 bridgehead atoms. The van der Waals surface area contributed by atoms with Crippen molar-refractivity contribution in [3.8, 4) is 0 Å². The molecule has 126 valence electrons. The van der Waals surface area contributed by atoms with Gasteiger partial charge >= 0.3 is 5.97 Å². The minimum absolute atomic E-state index is 0.332. The Morgan fingerprint density at radius 3 is 2.62 bits per heavy atom. The van der Waals surface area contributed by atoms with Crippen LogP contribution in [0.1, 0.15) is 10.4 Å². The van der Waals surface area contributed by atoms with Crippen LogP contribution in [0.4, 0.5) is 0 Å². The van der Waals surface area contributed by atoms with Gasteiger partial charge in [-0.15, -0.1) is 0 Å². The molecule has 0 N–H and O–H groups in total. The van der Waals surface area contributed by atoms with E-state index in [1.165, 1.54) is 0 Å². The molecule has 6 heteroatoms. The standard InChI is InChI=1S/C18H20N2O3S/c1-19(2)10-11-23-18(21)17-14-6-4-5-7-15(14)20-12-13(24(3)22)8-9-16(17)20/h4-9,12H,10-11H2,1-3H3. The average molecular weight is 344 g/mol. The van der Waals surface area contributed by atoms with Gasteiger partial charge in [0.25, 0.3) is 0 Å². The molecule has 24 heavy (non-hydrogen) atoms. The normalized spacial score (nSPS) is 12.8. The fourth-order valence-electron chi connectivity index (χ4n) is 2.70. The monoisotopic (exact) mass is 344 g/mol. The first-order valence-electron chi connectivity index (χ1n) is 7.67. The molecule has 0 aliphatic carbocycles. The lowest BCUT2D eigenvalue weighted by Crippen LogP contribution is -2.20. The van der Waals surface area contributed by atoms with Gasteiger partial charge in [-0.1, -0.05) is 18.2 Å². The second kappa shape index (κ2) is 6.75. The zero-order valence-electron chi connectivity index (χ0n) is 14.0. The number of carbonyl (C=O) groups excluding carboxylic acids is 1. The maximum absolute atomic E-state index is 12.6. The lowest BCUT2D eigenvalue weighted by Gasteiger charge is -2.10. The van der Waals surface area contributed by atoms with Crippen LogP contribution in [0.25, 0.3) is 16.4 Å². The summed E-state index contributed by atoms with van der Waals surface area (Å²) >= 11 is 0. The fourth-order valence-corrected chi connectivity index (χ4v) is 3.21. The van der Waals surface area contributed by atoms with Crippen molar-refractivity contribution < 1.29 is 13.7 Å². The predicted octanol–water partition coefficient (Wildman–Crippen LogP) is 2.55. The molecule has 0 radical (unpaired) electrons. The van der Waals surface area contributed by atoms with Gasteiger partial charge in [0.05, 0.1) is 32.3 Å². The molecule has 0 saturated carbocycles. The summed E-state index contributed by atoms with van der Waals surface area (Å²) in [5.41, 5.74) is 2.22. The highest BCUT2D eigenvalue weighted by Crippen LogP contribution is 2.28. The van der Waals surface area contributed by atoms with Crippen molar-refractivity contribution in [2.24, 2.45) is 0 Å². The molecule has 5 nitrogen and oxygen atoms in total. The van der Waals surface area contributed by atoms with E-state index in [0.717, 1.165) is 21.3 Å². The van der Waals surface area contributed by atoms with Gasteiger partial charge in [0.1, 0.15) is 6.61 Å². The van der Waals surface area contributed by atoms with Crippen molar-refractivity contribution in [1.29, 1.82) is 0 Å². The Kier molecular flexibility index (Phi) is 4.69. The largest absolute Gasteiger partial charge is 0.461 e. The number of aromatic nitrogens is 1. The Hall–Kier alpha value is -2.18. The third-order valence-electron chi connectivity index (χ3n) is 3.92. The number of esters is 1. The molecular formula is C18H20N2O3S. The van der Waals surface area contributed by atoms with E-state index in [2.05, 4.69) is 0 Å². The summed E-state index contributed by atoms with van der Waals surface area (Å²) in [5, 5.41) is 0.839. The molecule has 3 rings (SSSR count). The molecule has 0 aliphatic rings. The van der Waals surface area contributed by atoms with E-state index in [1.54, 1.807) is 12.3 Å². The highest BCUT2D eigenvalue weighted by atomic mass is 32.2. The molecule has 0 saturated heterocycles. The zero-order chi connectivity index (χ0) is 17.3. The molecule has 2 heterocycles. The van der Waals surface area contributed by atoms with E-state index in [4.69, 9.17) is 4.74 Å². The number of ether oxygens (including phenoxy) is 1. The summed E-state index contributed by atoms with van der Waals surface area (Å²) in [7, 11) is 2.79. The number of rotatable bonds is 5. The summed E-state index contributed by atoms with van der Waals surface area (Å²) in [6.07, 6.45) is 3.47. The van der Waals surface area contributed by atoms with Gasteiger partial charge in [0, 0.05) is 24.4 Å². The van der Waals surface area contributed by atoms with Gasteiger partial charge in [0.15, 0.2) is 0 Å². The molecular weight excluding hydrogens is 324 g/mol. The lowest BCUT2D eigenvalue weighted by atomic mass is 10.1. The number of benzene rings is 1. The zero-order valence-corrected chi connectivity index (χ0v) is 14.8. The first-order valence-corrected chi connectivity index (χ1v) is 9.23. The number of nitrogens with zero attached hydrogens (tertiary/aromatic N) is 2. The fraction of sp³-hybridized carbons (Fsp3) is 0.278. The molecule has 1 atom stereocenters. The van der Waals surface area contributed by atoms with Crippen LogP contribution in [0.2, 0.25) is 0 Å². The number of hydrogen-bond acceptors (Lipinski definition) is 4. The van der Waals surface area contributed by atoms with Crippen LogP contribution in [-0.2, 0) is 15.5 Å². The smallest absolute Gasteiger partial charge is 0.341 e. The van der Waals surface area contributed by atoms with Gasteiger partial charge in [-0.05, 0) is 32.3 Å². The molecule has 1 unspecified atom stereocenters. The number of para-hydroxylation sites is 1. The third kappa shape index (κ3) is 3.07. The summed E-state index contributed by atoms with van der Waals surface area (Å²) in [4.78, 5) is 15.3. The first-order chi connectivity index (χ1) is 11.5. The van der Waals surface area contributed by atoms with Crippen molar-refractivity contribution >= 4 is 33.2 Å². The van der Waals surface area contributed by atoms with Crippen LogP contribution in [0.5, 0.6) is 0 Å². The molecule has 0 spiro atoms. The number of fused-ring (bicyclic) bond motifs is 3. The van der Waals surface area contributed by atoms with Crippen molar-refractivity contribution in [1.82, 2.24) is 9.30 Å². The van der Waals surface area contributed by atoms with Crippen molar-refractivity contribution in [2.75, 3.05) is 33.5 Å². The van der Waals surface area contributed by atoms with Crippen molar-refractivity contribution in [3.05, 3.63) is 48.2 Å². The van der Waals surface area contributed by atoms with E-state index in [9.17, 15) is 9.00 Å². The summed E-state index contributed by atoms with van der Waals surface area (Å²) < 4.78 is 19.1. The Bertz CT molecular complexity index is 931. The topological polar surface area (TPSA) is 51.0 Å².